The number of hydrogen-bond acceptors (Lipinski definition) is 4. The monoisotopic (exact) mass is 371 g/mol. The maximum absolute atomic E-state index is 12.0. The van der Waals surface area contributed by atoms with E-state index in [1.54, 1.807) is 35.4 Å². The summed E-state index contributed by atoms with van der Waals surface area (Å²) in [7, 11) is 3.47. The molecule has 1 heterocycles. The van der Waals surface area contributed by atoms with E-state index in [-0.39, 0.29) is 5.69 Å². The minimum atomic E-state index is -0.0768. The van der Waals surface area contributed by atoms with Gasteiger partial charge in [0.25, 0.3) is 0 Å². The van der Waals surface area contributed by atoms with E-state index in [1.165, 1.54) is 0 Å². The summed E-state index contributed by atoms with van der Waals surface area (Å²) < 4.78 is 3.84. The fourth-order valence-corrected chi connectivity index (χ4v) is 2.97. The number of anilines is 3. The second kappa shape index (κ2) is 5.48. The second-order valence-corrected chi connectivity index (χ2v) is 6.11. The molecule has 0 fully saturated rings. The van der Waals surface area contributed by atoms with Crippen LogP contribution in [0.15, 0.2) is 39.6 Å². The fraction of sp³-hybridized carbons (Fsp3) is 0.125. The van der Waals surface area contributed by atoms with Crippen LogP contribution < -0.4 is 16.7 Å². The van der Waals surface area contributed by atoms with E-state index in [0.717, 1.165) is 16.7 Å². The molecule has 0 spiro atoms. The van der Waals surface area contributed by atoms with Crippen molar-refractivity contribution in [3.63, 3.8) is 0 Å². The number of hydrogen-bond donors (Lipinski definition) is 2. The van der Waals surface area contributed by atoms with Gasteiger partial charge in [0.05, 0.1) is 28.0 Å². The average Bonchev–Trinajstić information content (AvgIpc) is 2.74. The Morgan fingerprint density at radius 2 is 1.87 bits per heavy atom. The van der Waals surface area contributed by atoms with Crippen molar-refractivity contribution in [1.82, 2.24) is 9.13 Å². The summed E-state index contributed by atoms with van der Waals surface area (Å²) in [6.07, 6.45) is 0. The third kappa shape index (κ3) is 2.47. The lowest BCUT2D eigenvalue weighted by atomic mass is 10.1. The number of aromatic nitrogens is 2. The smallest absolute Gasteiger partial charge is 0.328 e. The molecule has 116 valence electrons. The molecule has 3 rings (SSSR count). The topological polar surface area (TPSA) is 88.8 Å². The molecule has 2 aromatic carbocycles. The van der Waals surface area contributed by atoms with Gasteiger partial charge in [-0.05, 0) is 46.3 Å². The molecular formula is C16H14BrN5O. The summed E-state index contributed by atoms with van der Waals surface area (Å²) in [5.41, 5.74) is 10.0. The Balaban J connectivity index is 2.08. The Hall–Kier alpha value is -2.72. The Morgan fingerprint density at radius 1 is 1.17 bits per heavy atom. The Bertz CT molecular complexity index is 1030. The van der Waals surface area contributed by atoms with Crippen molar-refractivity contribution in [2.24, 2.45) is 14.1 Å². The van der Waals surface area contributed by atoms with Crippen LogP contribution in [-0.4, -0.2) is 9.13 Å². The summed E-state index contributed by atoms with van der Waals surface area (Å²) >= 11 is 3.31. The first-order valence-electron chi connectivity index (χ1n) is 6.84. The number of rotatable bonds is 2. The average molecular weight is 372 g/mol. The highest BCUT2D eigenvalue weighted by Gasteiger charge is 2.10. The molecule has 3 N–H and O–H groups in total. The number of fused-ring (bicyclic) bond motifs is 1. The number of nitrogens with one attached hydrogen (secondary N) is 1. The van der Waals surface area contributed by atoms with Crippen molar-refractivity contribution in [3.8, 4) is 6.07 Å². The molecule has 0 saturated carbocycles. The molecule has 3 aromatic rings. The summed E-state index contributed by atoms with van der Waals surface area (Å²) in [6, 6.07) is 11.1. The zero-order valence-electron chi connectivity index (χ0n) is 12.6. The largest absolute Gasteiger partial charge is 0.397 e. The van der Waals surface area contributed by atoms with Gasteiger partial charge in [-0.3, -0.25) is 9.13 Å². The molecule has 0 amide bonds. The predicted octanol–water partition coefficient (Wildman–Crippen LogP) is 2.84. The van der Waals surface area contributed by atoms with E-state index in [1.807, 2.05) is 18.2 Å². The van der Waals surface area contributed by atoms with Gasteiger partial charge in [-0.15, -0.1) is 0 Å². The molecular weight excluding hydrogens is 358 g/mol. The van der Waals surface area contributed by atoms with Crippen LogP contribution >= 0.6 is 15.9 Å². The van der Waals surface area contributed by atoms with Gasteiger partial charge in [0.15, 0.2) is 0 Å². The maximum atomic E-state index is 12.0. The van der Waals surface area contributed by atoms with Crippen molar-refractivity contribution < 1.29 is 0 Å². The minimum Gasteiger partial charge on any atom is -0.397 e. The fourth-order valence-electron chi connectivity index (χ4n) is 2.52. The van der Waals surface area contributed by atoms with Crippen molar-refractivity contribution >= 4 is 44.0 Å². The Kier molecular flexibility index (Phi) is 3.62. The van der Waals surface area contributed by atoms with Crippen LogP contribution in [0.25, 0.3) is 11.0 Å². The second-order valence-electron chi connectivity index (χ2n) is 5.26. The molecule has 1 aromatic heterocycles. The van der Waals surface area contributed by atoms with Crippen LogP contribution in [0.2, 0.25) is 0 Å². The first-order valence-corrected chi connectivity index (χ1v) is 7.63. The summed E-state index contributed by atoms with van der Waals surface area (Å²) in [5.74, 6) is 0. The van der Waals surface area contributed by atoms with Gasteiger partial charge in [-0.2, -0.15) is 5.26 Å². The molecule has 0 aliphatic heterocycles. The zero-order valence-corrected chi connectivity index (χ0v) is 14.2. The van der Waals surface area contributed by atoms with Gasteiger partial charge in [0.2, 0.25) is 0 Å². The third-order valence-electron chi connectivity index (χ3n) is 3.81. The number of nitriles is 1. The first-order chi connectivity index (χ1) is 10.9. The van der Waals surface area contributed by atoms with Gasteiger partial charge in [-0.1, -0.05) is 0 Å². The number of aryl methyl sites for hydroxylation is 2. The lowest BCUT2D eigenvalue weighted by Gasteiger charge is -2.11. The lowest BCUT2D eigenvalue weighted by molar-refractivity contribution is 0.795. The maximum Gasteiger partial charge on any atom is 0.328 e. The lowest BCUT2D eigenvalue weighted by Crippen LogP contribution is -2.19. The van der Waals surface area contributed by atoms with Crippen LogP contribution in [0, 0.1) is 11.3 Å². The summed E-state index contributed by atoms with van der Waals surface area (Å²) in [6.45, 7) is 0. The number of nitrogen functional groups attached to an aromatic ring is 1. The highest BCUT2D eigenvalue weighted by atomic mass is 79.9. The number of halogens is 1. The molecule has 0 unspecified atom stereocenters. The van der Waals surface area contributed by atoms with Crippen molar-refractivity contribution in [3.05, 3.63) is 50.9 Å². The summed E-state index contributed by atoms with van der Waals surface area (Å²) in [4.78, 5) is 12.0. The molecule has 0 aliphatic carbocycles. The van der Waals surface area contributed by atoms with Gasteiger partial charge in [0.1, 0.15) is 6.07 Å². The van der Waals surface area contributed by atoms with Crippen LogP contribution in [-0.2, 0) is 14.1 Å². The van der Waals surface area contributed by atoms with E-state index < -0.39 is 0 Å². The highest BCUT2D eigenvalue weighted by molar-refractivity contribution is 9.10. The predicted molar refractivity (Wildman–Crippen MR) is 94.7 cm³/mol. The minimum absolute atomic E-state index is 0.0768. The molecule has 0 saturated heterocycles. The Labute approximate surface area is 140 Å². The van der Waals surface area contributed by atoms with E-state index >= 15 is 0 Å². The van der Waals surface area contributed by atoms with E-state index in [9.17, 15) is 4.79 Å². The highest BCUT2D eigenvalue weighted by Crippen LogP contribution is 2.30. The molecule has 0 bridgehead atoms. The molecule has 0 radical (unpaired) electrons. The van der Waals surface area contributed by atoms with Crippen molar-refractivity contribution in [2.45, 2.75) is 0 Å². The SMILES string of the molecule is Cn1c(=O)n(C)c2cc(Nc3cc(C#N)c(Br)cc3N)ccc21. The van der Waals surface area contributed by atoms with Crippen LogP contribution in [0.5, 0.6) is 0 Å². The molecule has 23 heavy (non-hydrogen) atoms. The van der Waals surface area contributed by atoms with Crippen molar-refractivity contribution in [2.75, 3.05) is 11.1 Å². The van der Waals surface area contributed by atoms with Crippen molar-refractivity contribution in [1.29, 1.82) is 5.26 Å². The standard InChI is InChI=1S/C16H14BrN5O/c1-21-14-4-3-10(6-15(14)22(2)16(21)23)20-13-5-9(8-18)11(17)7-12(13)19/h3-7,20H,19H2,1-2H3. The van der Waals surface area contributed by atoms with Gasteiger partial charge in [0, 0.05) is 24.3 Å². The van der Waals surface area contributed by atoms with Crippen LogP contribution in [0.1, 0.15) is 5.56 Å². The van der Waals surface area contributed by atoms with E-state index in [0.29, 0.717) is 21.4 Å². The van der Waals surface area contributed by atoms with Gasteiger partial charge < -0.3 is 11.1 Å². The van der Waals surface area contributed by atoms with E-state index in [4.69, 9.17) is 11.0 Å². The number of benzene rings is 2. The normalized spacial score (nSPS) is 10.7. The summed E-state index contributed by atoms with van der Waals surface area (Å²) in [5, 5.41) is 12.3. The third-order valence-corrected chi connectivity index (χ3v) is 4.47. The quantitative estimate of drug-likeness (QED) is 0.677. The zero-order chi connectivity index (χ0) is 16.7. The van der Waals surface area contributed by atoms with Crippen LogP contribution in [0.4, 0.5) is 17.1 Å². The molecule has 0 aliphatic rings. The number of nitrogens with zero attached hydrogens (tertiary/aromatic N) is 3. The number of nitrogens with two attached hydrogens (primary N) is 1. The first kappa shape index (κ1) is 15.2. The molecule has 6 nitrogen and oxygen atoms in total. The van der Waals surface area contributed by atoms with Gasteiger partial charge >= 0.3 is 5.69 Å². The van der Waals surface area contributed by atoms with Crippen LogP contribution in [0.3, 0.4) is 0 Å². The van der Waals surface area contributed by atoms with Gasteiger partial charge in [-0.25, -0.2) is 4.79 Å². The molecule has 7 heteroatoms. The Morgan fingerprint density at radius 3 is 2.57 bits per heavy atom. The molecule has 0 atom stereocenters. The van der Waals surface area contributed by atoms with E-state index in [2.05, 4.69) is 27.3 Å². The number of imidazole rings is 1.